The summed E-state index contributed by atoms with van der Waals surface area (Å²) in [6.07, 6.45) is -0.652. The van der Waals surface area contributed by atoms with E-state index in [0.717, 1.165) is 0 Å². The number of fused-ring (bicyclic) bond motifs is 1. The molecule has 192 valence electrons. The summed E-state index contributed by atoms with van der Waals surface area (Å²) < 4.78 is 32.1. The molecule has 2 atom stereocenters. The summed E-state index contributed by atoms with van der Waals surface area (Å²) in [4.78, 5) is 28.6. The van der Waals surface area contributed by atoms with E-state index in [1.54, 1.807) is 12.1 Å². The third kappa shape index (κ3) is 8.09. The Morgan fingerprint density at radius 2 is 1.94 bits per heavy atom. The van der Waals surface area contributed by atoms with Crippen LogP contribution < -0.4 is 16.0 Å². The fourth-order valence-corrected chi connectivity index (χ4v) is 3.54. The molecule has 0 saturated heterocycles. The van der Waals surface area contributed by atoms with Gasteiger partial charge in [-0.3, -0.25) is 10.1 Å². The van der Waals surface area contributed by atoms with Gasteiger partial charge in [0.25, 0.3) is 0 Å². The Hall–Kier alpha value is -3.38. The average molecular weight is 523 g/mol. The topological polar surface area (TPSA) is 133 Å². The van der Waals surface area contributed by atoms with Gasteiger partial charge < -0.3 is 25.6 Å². The number of pyridine rings is 1. The number of nitrogens with zero attached hydrogens (tertiary/aromatic N) is 1. The second-order valence-corrected chi connectivity index (χ2v) is 8.32. The number of amides is 2. The highest BCUT2D eigenvalue weighted by Crippen LogP contribution is 2.19. The van der Waals surface area contributed by atoms with Crippen molar-refractivity contribution in [3.63, 3.8) is 0 Å². The van der Waals surface area contributed by atoms with Crippen LogP contribution in [-0.4, -0.2) is 59.1 Å². The van der Waals surface area contributed by atoms with Crippen LogP contribution in [0.15, 0.2) is 48.7 Å². The molecule has 0 spiro atoms. The van der Waals surface area contributed by atoms with E-state index >= 15 is 0 Å². The van der Waals surface area contributed by atoms with Crippen molar-refractivity contribution >= 4 is 40.2 Å². The largest absolute Gasteiger partial charge is 0.447 e. The van der Waals surface area contributed by atoms with E-state index in [-0.39, 0.29) is 37.0 Å². The lowest BCUT2D eigenvalue weighted by molar-refractivity contribution is -0.121. The molecule has 1 unspecified atom stereocenters. The van der Waals surface area contributed by atoms with E-state index in [9.17, 15) is 23.5 Å². The van der Waals surface area contributed by atoms with Crippen LogP contribution in [-0.2, 0) is 16.1 Å². The molecular weight excluding hydrogens is 498 g/mol. The number of aliphatic hydroxyl groups is 2. The van der Waals surface area contributed by atoms with E-state index in [0.29, 0.717) is 16.3 Å². The smallest absolute Gasteiger partial charge is 0.412 e. The number of benzene rings is 2. The Morgan fingerprint density at radius 3 is 2.72 bits per heavy atom. The Balaban J connectivity index is 1.51. The predicted octanol–water partition coefficient (Wildman–Crippen LogP) is 2.73. The molecule has 1 aromatic heterocycles. The lowest BCUT2D eigenvalue weighted by Gasteiger charge is -2.21. The van der Waals surface area contributed by atoms with Gasteiger partial charge in [0.2, 0.25) is 5.91 Å². The van der Waals surface area contributed by atoms with Gasteiger partial charge in [-0.15, -0.1) is 0 Å². The number of carbonyl (C=O) groups excluding carboxylic acids is 2. The van der Waals surface area contributed by atoms with Gasteiger partial charge in [0.1, 0.15) is 24.1 Å². The van der Waals surface area contributed by atoms with Crippen molar-refractivity contribution in [1.29, 1.82) is 0 Å². The minimum atomic E-state index is -1.15. The number of ether oxygens (including phenoxy) is 1. The van der Waals surface area contributed by atoms with Crippen LogP contribution in [0.4, 0.5) is 19.4 Å². The first-order valence-electron chi connectivity index (χ1n) is 11.0. The van der Waals surface area contributed by atoms with Gasteiger partial charge in [-0.2, -0.15) is 0 Å². The molecule has 3 aromatic rings. The van der Waals surface area contributed by atoms with Crippen molar-refractivity contribution in [2.75, 3.05) is 25.1 Å². The van der Waals surface area contributed by atoms with Crippen LogP contribution in [0, 0.1) is 11.6 Å². The van der Waals surface area contributed by atoms with Gasteiger partial charge in [0.05, 0.1) is 30.3 Å². The van der Waals surface area contributed by atoms with E-state index in [2.05, 4.69) is 20.9 Å². The minimum absolute atomic E-state index is 0.0418. The second kappa shape index (κ2) is 13.1. The number of aliphatic hydroxyl groups excluding tert-OH is 2. The first-order chi connectivity index (χ1) is 17.2. The van der Waals surface area contributed by atoms with Gasteiger partial charge >= 0.3 is 6.09 Å². The maximum absolute atomic E-state index is 13.5. The highest BCUT2D eigenvalue weighted by atomic mass is 35.5. The summed E-state index contributed by atoms with van der Waals surface area (Å²) in [6, 6.07) is 9.15. The SMILES string of the molecule is O=C(CNCc1cccc(F)c1Cl)N[C@H](COC(=O)Nc1cc2cc(F)ccc2cn1)CC(O)CO. The number of nitrogens with one attached hydrogen (secondary N) is 3. The molecular formula is C24H25ClF2N4O5. The van der Waals surface area contributed by atoms with Crippen LogP contribution in [0.1, 0.15) is 12.0 Å². The molecule has 0 aliphatic rings. The van der Waals surface area contributed by atoms with Crippen LogP contribution >= 0.6 is 11.6 Å². The summed E-state index contributed by atoms with van der Waals surface area (Å²) in [5.74, 6) is -1.36. The van der Waals surface area contributed by atoms with E-state index in [1.165, 1.54) is 36.5 Å². The third-order valence-electron chi connectivity index (χ3n) is 5.09. The summed E-state index contributed by atoms with van der Waals surface area (Å²) in [7, 11) is 0. The first kappa shape index (κ1) is 27.2. The van der Waals surface area contributed by atoms with Gasteiger partial charge in [-0.25, -0.2) is 18.6 Å². The predicted molar refractivity (Wildman–Crippen MR) is 129 cm³/mol. The molecule has 3 rings (SSSR count). The molecule has 0 aliphatic heterocycles. The Kier molecular flexibility index (Phi) is 9.88. The maximum atomic E-state index is 13.5. The molecule has 0 fully saturated rings. The van der Waals surface area contributed by atoms with Gasteiger partial charge in [-0.05, 0) is 47.7 Å². The van der Waals surface area contributed by atoms with Crippen LogP contribution in [0.5, 0.6) is 0 Å². The van der Waals surface area contributed by atoms with Crippen LogP contribution in [0.25, 0.3) is 10.8 Å². The highest BCUT2D eigenvalue weighted by Gasteiger charge is 2.19. The Labute approximate surface area is 210 Å². The fourth-order valence-electron chi connectivity index (χ4n) is 3.34. The minimum Gasteiger partial charge on any atom is -0.447 e. The standard InChI is InChI=1S/C24H25ClF2N4O5/c25-23-15(2-1-3-20(23)27)9-28-11-22(34)30-18(8-19(33)12-32)13-36-24(35)31-21-7-16-6-17(26)5-4-14(16)10-29-21/h1-7,10,18-19,28,32-33H,8-9,11-13H2,(H,30,34)(H,29,31,35)/t18-,19?/m0/s1. The summed E-state index contributed by atoms with van der Waals surface area (Å²) in [6.45, 7) is -0.892. The van der Waals surface area contributed by atoms with Crippen molar-refractivity contribution in [3.05, 3.63) is 70.9 Å². The van der Waals surface area contributed by atoms with Gasteiger partial charge in [0.15, 0.2) is 0 Å². The lowest BCUT2D eigenvalue weighted by atomic mass is 10.1. The summed E-state index contributed by atoms with van der Waals surface area (Å²) in [5, 5.41) is 27.9. The number of hydrogen-bond donors (Lipinski definition) is 5. The highest BCUT2D eigenvalue weighted by molar-refractivity contribution is 6.31. The zero-order valence-corrected chi connectivity index (χ0v) is 19.8. The van der Waals surface area contributed by atoms with Crippen molar-refractivity contribution in [1.82, 2.24) is 15.6 Å². The molecule has 2 aromatic carbocycles. The van der Waals surface area contributed by atoms with Crippen LogP contribution in [0.2, 0.25) is 5.02 Å². The van der Waals surface area contributed by atoms with Gasteiger partial charge in [-0.1, -0.05) is 23.7 Å². The third-order valence-corrected chi connectivity index (χ3v) is 5.52. The molecule has 0 bridgehead atoms. The average Bonchev–Trinajstić information content (AvgIpc) is 2.84. The number of anilines is 1. The van der Waals surface area contributed by atoms with Gasteiger partial charge in [0, 0.05) is 18.1 Å². The lowest BCUT2D eigenvalue weighted by Crippen LogP contribution is -2.45. The molecule has 12 heteroatoms. The molecule has 36 heavy (non-hydrogen) atoms. The van der Waals surface area contributed by atoms with E-state index in [1.807, 2.05) is 0 Å². The Bertz CT molecular complexity index is 1220. The van der Waals surface area contributed by atoms with E-state index in [4.69, 9.17) is 21.4 Å². The zero-order chi connectivity index (χ0) is 26.1. The van der Waals surface area contributed by atoms with E-state index < -0.39 is 42.4 Å². The Morgan fingerprint density at radius 1 is 1.14 bits per heavy atom. The van der Waals surface area contributed by atoms with Crippen molar-refractivity contribution in [3.8, 4) is 0 Å². The molecule has 0 radical (unpaired) electrons. The quantitative estimate of drug-likeness (QED) is 0.261. The monoisotopic (exact) mass is 522 g/mol. The normalized spacial score (nSPS) is 12.7. The number of hydrogen-bond acceptors (Lipinski definition) is 7. The molecule has 5 N–H and O–H groups in total. The molecule has 2 amide bonds. The number of halogens is 3. The molecule has 0 saturated carbocycles. The molecule has 9 nitrogen and oxygen atoms in total. The zero-order valence-electron chi connectivity index (χ0n) is 19.0. The number of aromatic nitrogens is 1. The van der Waals surface area contributed by atoms with Crippen molar-refractivity contribution < 1.29 is 33.3 Å². The fraction of sp³-hybridized carbons (Fsp3) is 0.292. The maximum Gasteiger partial charge on any atom is 0.412 e. The number of rotatable bonds is 11. The van der Waals surface area contributed by atoms with Crippen LogP contribution in [0.3, 0.4) is 0 Å². The number of carbonyl (C=O) groups is 2. The molecule has 0 aliphatic carbocycles. The first-order valence-corrected chi connectivity index (χ1v) is 11.3. The summed E-state index contributed by atoms with van der Waals surface area (Å²) >= 11 is 5.89. The van der Waals surface area contributed by atoms with Crippen molar-refractivity contribution in [2.24, 2.45) is 0 Å². The van der Waals surface area contributed by atoms with Crippen molar-refractivity contribution in [2.45, 2.75) is 25.1 Å². The molecule has 1 heterocycles. The second-order valence-electron chi connectivity index (χ2n) is 7.94. The summed E-state index contributed by atoms with van der Waals surface area (Å²) in [5.41, 5.74) is 0.474.